The minimum absolute atomic E-state index is 0.0925. The quantitative estimate of drug-likeness (QED) is 0.926. The first kappa shape index (κ1) is 16.4. The maximum atomic E-state index is 12.9. The number of fused-ring (bicyclic) bond motifs is 1. The number of rotatable bonds is 3. The summed E-state index contributed by atoms with van der Waals surface area (Å²) < 4.78 is 1.85. The molecule has 1 saturated heterocycles. The molecule has 2 N–H and O–H groups in total. The molecule has 3 heterocycles. The molecule has 2 aromatic rings. The number of likely N-dealkylation sites (tertiary alicyclic amines) is 1. The number of amides is 2. The molecule has 0 spiro atoms. The minimum atomic E-state index is -0.337. The predicted molar refractivity (Wildman–Crippen MR) is 90.5 cm³/mol. The fourth-order valence-electron chi connectivity index (χ4n) is 3.22. The highest BCUT2D eigenvalue weighted by Crippen LogP contribution is 2.23. The van der Waals surface area contributed by atoms with Crippen LogP contribution in [-0.4, -0.2) is 44.6 Å². The smallest absolute Gasteiger partial charge is 0.255 e. The Balaban J connectivity index is 1.92. The molecule has 1 atom stereocenters. The van der Waals surface area contributed by atoms with E-state index in [1.807, 2.05) is 31.5 Å². The molecule has 0 radical (unpaired) electrons. The van der Waals surface area contributed by atoms with Gasteiger partial charge in [-0.1, -0.05) is 0 Å². The number of aromatic nitrogens is 3. The molecule has 128 valence electrons. The van der Waals surface area contributed by atoms with Crippen LogP contribution < -0.4 is 5.73 Å². The van der Waals surface area contributed by atoms with Gasteiger partial charge >= 0.3 is 0 Å². The molecule has 2 amide bonds. The summed E-state index contributed by atoms with van der Waals surface area (Å²) in [6, 6.07) is 2.05. The lowest BCUT2D eigenvalue weighted by atomic mass is 9.96. The molecule has 1 aliphatic rings. The lowest BCUT2D eigenvalue weighted by molar-refractivity contribution is -0.123. The van der Waals surface area contributed by atoms with Crippen molar-refractivity contribution in [1.29, 1.82) is 0 Å². The Hall–Kier alpha value is -2.44. The molecule has 24 heavy (non-hydrogen) atoms. The van der Waals surface area contributed by atoms with E-state index >= 15 is 0 Å². The van der Waals surface area contributed by atoms with Gasteiger partial charge in [-0.2, -0.15) is 5.10 Å². The average Bonchev–Trinajstić information content (AvgIpc) is 2.96. The van der Waals surface area contributed by atoms with E-state index in [-0.39, 0.29) is 23.8 Å². The first-order chi connectivity index (χ1) is 11.4. The summed E-state index contributed by atoms with van der Waals surface area (Å²) in [6.45, 7) is 6.95. The first-order valence-corrected chi connectivity index (χ1v) is 8.32. The summed E-state index contributed by atoms with van der Waals surface area (Å²) in [6.07, 6.45) is 3.27. The third-order valence-electron chi connectivity index (χ3n) is 4.59. The van der Waals surface area contributed by atoms with Crippen LogP contribution in [0.25, 0.3) is 11.0 Å². The standard InChI is InChI=1S/C17H23N5O2/c1-10(2)22-16-13(8-19-22)7-14(11(3)20-16)17(24)21-6-4-5-12(9-21)15(18)23/h7-8,10,12H,4-6,9H2,1-3H3,(H2,18,23). The highest BCUT2D eigenvalue weighted by molar-refractivity contribution is 5.98. The molecule has 7 heteroatoms. The molecule has 1 fully saturated rings. The molecular formula is C17H23N5O2. The van der Waals surface area contributed by atoms with Crippen molar-refractivity contribution in [2.75, 3.05) is 13.1 Å². The number of carbonyl (C=O) groups excluding carboxylic acids is 2. The monoisotopic (exact) mass is 329 g/mol. The Kier molecular flexibility index (Phi) is 4.26. The summed E-state index contributed by atoms with van der Waals surface area (Å²) in [4.78, 5) is 30.6. The number of hydrogen-bond donors (Lipinski definition) is 1. The Labute approximate surface area is 140 Å². The van der Waals surface area contributed by atoms with Gasteiger partial charge in [0.1, 0.15) is 0 Å². The van der Waals surface area contributed by atoms with E-state index in [1.165, 1.54) is 0 Å². The second kappa shape index (κ2) is 6.22. The van der Waals surface area contributed by atoms with Crippen molar-refractivity contribution in [3.05, 3.63) is 23.5 Å². The number of nitrogens with two attached hydrogens (primary N) is 1. The number of hydrogen-bond acceptors (Lipinski definition) is 4. The van der Waals surface area contributed by atoms with Crippen LogP contribution in [0.5, 0.6) is 0 Å². The number of carbonyl (C=O) groups is 2. The number of piperidine rings is 1. The fraction of sp³-hybridized carbons (Fsp3) is 0.529. The molecule has 1 aliphatic heterocycles. The van der Waals surface area contributed by atoms with Crippen LogP contribution in [0, 0.1) is 12.8 Å². The summed E-state index contributed by atoms with van der Waals surface area (Å²) in [5.74, 6) is -0.690. The summed E-state index contributed by atoms with van der Waals surface area (Å²) >= 11 is 0. The summed E-state index contributed by atoms with van der Waals surface area (Å²) in [5, 5.41) is 5.20. The lowest BCUT2D eigenvalue weighted by Crippen LogP contribution is -2.44. The topological polar surface area (TPSA) is 94.1 Å². The first-order valence-electron chi connectivity index (χ1n) is 8.32. The van der Waals surface area contributed by atoms with Crippen LogP contribution in [0.2, 0.25) is 0 Å². The van der Waals surface area contributed by atoms with Crippen molar-refractivity contribution in [1.82, 2.24) is 19.7 Å². The van der Waals surface area contributed by atoms with E-state index in [2.05, 4.69) is 10.1 Å². The molecule has 0 aliphatic carbocycles. The van der Waals surface area contributed by atoms with Crippen molar-refractivity contribution >= 4 is 22.8 Å². The van der Waals surface area contributed by atoms with Crippen LogP contribution in [-0.2, 0) is 4.79 Å². The molecule has 0 bridgehead atoms. The molecule has 3 rings (SSSR count). The molecule has 7 nitrogen and oxygen atoms in total. The van der Waals surface area contributed by atoms with Crippen LogP contribution >= 0.6 is 0 Å². The van der Waals surface area contributed by atoms with Gasteiger partial charge in [-0.05, 0) is 39.7 Å². The number of aryl methyl sites for hydroxylation is 1. The van der Waals surface area contributed by atoms with E-state index in [9.17, 15) is 9.59 Å². The zero-order valence-electron chi connectivity index (χ0n) is 14.3. The van der Waals surface area contributed by atoms with Gasteiger partial charge < -0.3 is 10.6 Å². The van der Waals surface area contributed by atoms with E-state index in [0.717, 1.165) is 23.9 Å². The molecule has 0 aromatic carbocycles. The third-order valence-corrected chi connectivity index (χ3v) is 4.59. The molecular weight excluding hydrogens is 306 g/mol. The minimum Gasteiger partial charge on any atom is -0.369 e. The Morgan fingerprint density at radius 2 is 2.12 bits per heavy atom. The molecule has 1 unspecified atom stereocenters. The van der Waals surface area contributed by atoms with Crippen LogP contribution in [0.1, 0.15) is 48.8 Å². The number of primary amides is 1. The highest BCUT2D eigenvalue weighted by atomic mass is 16.2. The van der Waals surface area contributed by atoms with Gasteiger partial charge in [-0.3, -0.25) is 9.59 Å². The largest absolute Gasteiger partial charge is 0.369 e. The Morgan fingerprint density at radius 3 is 2.79 bits per heavy atom. The van der Waals surface area contributed by atoms with Crippen LogP contribution in [0.3, 0.4) is 0 Å². The van der Waals surface area contributed by atoms with E-state index in [1.54, 1.807) is 11.1 Å². The molecule has 2 aromatic heterocycles. The Morgan fingerprint density at radius 1 is 1.38 bits per heavy atom. The maximum absolute atomic E-state index is 12.9. The second-order valence-corrected chi connectivity index (χ2v) is 6.71. The van der Waals surface area contributed by atoms with E-state index in [4.69, 9.17) is 5.73 Å². The maximum Gasteiger partial charge on any atom is 0.255 e. The van der Waals surface area contributed by atoms with Crippen LogP contribution in [0.4, 0.5) is 0 Å². The van der Waals surface area contributed by atoms with Gasteiger partial charge in [-0.25, -0.2) is 9.67 Å². The van der Waals surface area contributed by atoms with Gasteiger partial charge in [0.2, 0.25) is 5.91 Å². The van der Waals surface area contributed by atoms with E-state index < -0.39 is 0 Å². The fourth-order valence-corrected chi connectivity index (χ4v) is 3.22. The van der Waals surface area contributed by atoms with Crippen molar-refractivity contribution in [2.24, 2.45) is 11.7 Å². The van der Waals surface area contributed by atoms with Gasteiger partial charge in [0, 0.05) is 24.5 Å². The lowest BCUT2D eigenvalue weighted by Gasteiger charge is -2.31. The zero-order valence-corrected chi connectivity index (χ0v) is 14.3. The number of nitrogens with zero attached hydrogens (tertiary/aromatic N) is 4. The van der Waals surface area contributed by atoms with Crippen molar-refractivity contribution in [3.63, 3.8) is 0 Å². The Bertz CT molecular complexity index is 796. The number of pyridine rings is 1. The van der Waals surface area contributed by atoms with Gasteiger partial charge in [0.15, 0.2) is 5.65 Å². The molecule has 0 saturated carbocycles. The predicted octanol–water partition coefficient (Wildman–Crippen LogP) is 1.66. The van der Waals surface area contributed by atoms with Gasteiger partial charge in [0.05, 0.1) is 23.4 Å². The zero-order chi connectivity index (χ0) is 17.4. The normalized spacial score (nSPS) is 18.3. The summed E-state index contributed by atoms with van der Waals surface area (Å²) in [7, 11) is 0. The van der Waals surface area contributed by atoms with Crippen molar-refractivity contribution < 1.29 is 9.59 Å². The van der Waals surface area contributed by atoms with E-state index in [0.29, 0.717) is 24.3 Å². The SMILES string of the molecule is Cc1nc2c(cnn2C(C)C)cc1C(=O)N1CCCC(C(N)=O)C1. The second-order valence-electron chi connectivity index (χ2n) is 6.71. The van der Waals surface area contributed by atoms with Crippen molar-refractivity contribution in [2.45, 2.75) is 39.7 Å². The van der Waals surface area contributed by atoms with Crippen molar-refractivity contribution in [3.8, 4) is 0 Å². The average molecular weight is 329 g/mol. The third kappa shape index (κ3) is 2.86. The van der Waals surface area contributed by atoms with Gasteiger partial charge in [0.25, 0.3) is 5.91 Å². The highest BCUT2D eigenvalue weighted by Gasteiger charge is 2.28. The van der Waals surface area contributed by atoms with Crippen LogP contribution in [0.15, 0.2) is 12.3 Å². The summed E-state index contributed by atoms with van der Waals surface area (Å²) in [5.41, 5.74) is 7.43. The van der Waals surface area contributed by atoms with Gasteiger partial charge in [-0.15, -0.1) is 0 Å².